The number of piperidine rings is 1. The van der Waals surface area contributed by atoms with Gasteiger partial charge in [-0.3, -0.25) is 4.90 Å². The van der Waals surface area contributed by atoms with E-state index in [2.05, 4.69) is 17.3 Å². The summed E-state index contributed by atoms with van der Waals surface area (Å²) < 4.78 is 0. The summed E-state index contributed by atoms with van der Waals surface area (Å²) in [6, 6.07) is 1.81. The summed E-state index contributed by atoms with van der Waals surface area (Å²) >= 11 is 0. The molecule has 2 nitrogen and oxygen atoms in total. The first-order chi connectivity index (χ1) is 8.81. The largest absolute Gasteiger partial charge is 0.317 e. The Morgan fingerprint density at radius 2 is 1.39 bits per heavy atom. The predicted molar refractivity (Wildman–Crippen MR) is 74.5 cm³/mol. The molecule has 1 aliphatic heterocycles. The zero-order chi connectivity index (χ0) is 12.1. The highest BCUT2D eigenvalue weighted by Gasteiger charge is 2.50. The molecule has 102 valence electrons. The molecule has 0 aromatic rings. The quantitative estimate of drug-likeness (QED) is 0.808. The first-order valence-corrected chi connectivity index (χ1v) is 8.24. The van der Waals surface area contributed by atoms with Crippen LogP contribution in [0.2, 0.25) is 0 Å². The summed E-state index contributed by atoms with van der Waals surface area (Å²) in [5.41, 5.74) is 0. The molecular weight excluding hydrogens is 220 g/mol. The van der Waals surface area contributed by atoms with Crippen LogP contribution in [0.25, 0.3) is 0 Å². The highest BCUT2D eigenvalue weighted by Crippen LogP contribution is 2.55. The van der Waals surface area contributed by atoms with Gasteiger partial charge in [-0.15, -0.1) is 0 Å². The average molecular weight is 248 g/mol. The van der Waals surface area contributed by atoms with Gasteiger partial charge >= 0.3 is 0 Å². The molecule has 5 rings (SSSR count). The molecule has 0 atom stereocenters. The first-order valence-electron chi connectivity index (χ1n) is 8.24. The molecule has 0 spiro atoms. The lowest BCUT2D eigenvalue weighted by Crippen LogP contribution is -2.58. The Labute approximate surface area is 111 Å². The van der Waals surface area contributed by atoms with E-state index in [-0.39, 0.29) is 0 Å². The van der Waals surface area contributed by atoms with Gasteiger partial charge in [-0.2, -0.15) is 0 Å². The van der Waals surface area contributed by atoms with Crippen LogP contribution in [-0.4, -0.2) is 37.1 Å². The van der Waals surface area contributed by atoms with Gasteiger partial charge in [-0.05, 0) is 88.8 Å². The number of rotatable bonds is 2. The number of nitrogens with zero attached hydrogens (tertiary/aromatic N) is 1. The Morgan fingerprint density at radius 3 is 1.94 bits per heavy atom. The van der Waals surface area contributed by atoms with Crippen LogP contribution in [0, 0.1) is 23.7 Å². The number of hydrogen-bond acceptors (Lipinski definition) is 2. The van der Waals surface area contributed by atoms with Crippen molar-refractivity contribution >= 4 is 0 Å². The smallest absolute Gasteiger partial charge is 0.0152 e. The van der Waals surface area contributed by atoms with E-state index in [1.54, 1.807) is 32.1 Å². The van der Waals surface area contributed by atoms with Crippen molar-refractivity contribution in [1.82, 2.24) is 10.2 Å². The van der Waals surface area contributed by atoms with Crippen molar-refractivity contribution in [2.45, 2.75) is 57.0 Å². The second kappa shape index (κ2) is 4.49. The molecule has 5 aliphatic rings. The molecular formula is C16H28N2. The van der Waals surface area contributed by atoms with Gasteiger partial charge in [0.15, 0.2) is 0 Å². The van der Waals surface area contributed by atoms with Crippen LogP contribution in [0.5, 0.6) is 0 Å². The molecule has 0 aromatic carbocycles. The van der Waals surface area contributed by atoms with Crippen LogP contribution in [-0.2, 0) is 0 Å². The highest BCUT2D eigenvalue weighted by atomic mass is 15.2. The standard InChI is InChI=1S/C16H28N2/c1-18(15-2-4-17-5-3-15)16-13-7-11-6-12(9-13)10-14(16)8-11/h11-17H,2-10H2,1H3. The van der Waals surface area contributed by atoms with E-state index >= 15 is 0 Å². The molecule has 1 N–H and O–H groups in total. The Bertz CT molecular complexity index is 280. The Kier molecular flexibility index (Phi) is 2.92. The van der Waals surface area contributed by atoms with Gasteiger partial charge in [0.1, 0.15) is 0 Å². The summed E-state index contributed by atoms with van der Waals surface area (Å²) in [7, 11) is 2.45. The third-order valence-corrected chi connectivity index (χ3v) is 6.53. The lowest BCUT2D eigenvalue weighted by Gasteiger charge is -2.58. The maximum absolute atomic E-state index is 3.51. The summed E-state index contributed by atoms with van der Waals surface area (Å²) in [5.74, 6) is 4.35. The van der Waals surface area contributed by atoms with E-state index in [0.29, 0.717) is 0 Å². The van der Waals surface area contributed by atoms with E-state index in [0.717, 1.165) is 35.8 Å². The molecule has 0 radical (unpaired) electrons. The van der Waals surface area contributed by atoms with E-state index in [1.165, 1.54) is 25.9 Å². The molecule has 1 heterocycles. The van der Waals surface area contributed by atoms with Crippen molar-refractivity contribution < 1.29 is 0 Å². The minimum Gasteiger partial charge on any atom is -0.317 e. The lowest BCUT2D eigenvalue weighted by molar-refractivity contribution is -0.0724. The van der Waals surface area contributed by atoms with E-state index in [1.807, 2.05) is 0 Å². The SMILES string of the molecule is CN(C1CCNCC1)C1C2CC3CC(C2)CC1C3. The molecule has 1 saturated heterocycles. The van der Waals surface area contributed by atoms with Gasteiger partial charge in [-0.25, -0.2) is 0 Å². The van der Waals surface area contributed by atoms with Crippen molar-refractivity contribution in [3.05, 3.63) is 0 Å². The minimum atomic E-state index is 0.869. The summed E-state index contributed by atoms with van der Waals surface area (Å²) in [6.45, 7) is 2.48. The van der Waals surface area contributed by atoms with Gasteiger partial charge in [0.25, 0.3) is 0 Å². The Morgan fingerprint density at radius 1 is 0.833 bits per heavy atom. The molecule has 0 aromatic heterocycles. The van der Waals surface area contributed by atoms with Crippen LogP contribution >= 0.6 is 0 Å². The monoisotopic (exact) mass is 248 g/mol. The fourth-order valence-electron chi connectivity index (χ4n) is 6.02. The van der Waals surface area contributed by atoms with Gasteiger partial charge in [0.05, 0.1) is 0 Å². The third-order valence-electron chi connectivity index (χ3n) is 6.53. The van der Waals surface area contributed by atoms with Gasteiger partial charge in [-0.1, -0.05) is 0 Å². The van der Waals surface area contributed by atoms with Crippen molar-refractivity contribution in [3.8, 4) is 0 Å². The third kappa shape index (κ3) is 1.84. The Hall–Kier alpha value is -0.0800. The predicted octanol–water partition coefficient (Wildman–Crippen LogP) is 2.49. The van der Waals surface area contributed by atoms with Crippen LogP contribution in [0.4, 0.5) is 0 Å². The normalized spacial score (nSPS) is 48.0. The molecule has 2 heteroatoms. The van der Waals surface area contributed by atoms with Crippen LogP contribution in [0.15, 0.2) is 0 Å². The van der Waals surface area contributed by atoms with Crippen molar-refractivity contribution in [2.75, 3.05) is 20.1 Å². The topological polar surface area (TPSA) is 15.3 Å². The van der Waals surface area contributed by atoms with Crippen LogP contribution in [0.3, 0.4) is 0 Å². The summed E-state index contributed by atoms with van der Waals surface area (Å²) in [4.78, 5) is 2.83. The van der Waals surface area contributed by atoms with E-state index in [4.69, 9.17) is 0 Å². The second-order valence-corrected chi connectivity index (χ2v) is 7.57. The zero-order valence-electron chi connectivity index (χ0n) is 11.8. The fraction of sp³-hybridized carbons (Fsp3) is 1.00. The van der Waals surface area contributed by atoms with Crippen molar-refractivity contribution in [1.29, 1.82) is 0 Å². The highest BCUT2D eigenvalue weighted by molar-refractivity contribution is 5.02. The van der Waals surface area contributed by atoms with E-state index < -0.39 is 0 Å². The van der Waals surface area contributed by atoms with E-state index in [9.17, 15) is 0 Å². The van der Waals surface area contributed by atoms with Gasteiger partial charge in [0.2, 0.25) is 0 Å². The summed E-state index contributed by atoms with van der Waals surface area (Å²) in [6.07, 6.45) is 10.6. The summed E-state index contributed by atoms with van der Waals surface area (Å²) in [5, 5.41) is 3.51. The molecule has 4 bridgehead atoms. The van der Waals surface area contributed by atoms with Crippen LogP contribution in [0.1, 0.15) is 44.9 Å². The number of nitrogens with one attached hydrogen (secondary N) is 1. The molecule has 0 unspecified atom stereocenters. The maximum Gasteiger partial charge on any atom is 0.0152 e. The van der Waals surface area contributed by atoms with Gasteiger partial charge in [0, 0.05) is 12.1 Å². The minimum absolute atomic E-state index is 0.869. The molecule has 0 amide bonds. The Balaban J connectivity index is 1.50. The molecule has 4 saturated carbocycles. The van der Waals surface area contributed by atoms with Crippen molar-refractivity contribution in [3.63, 3.8) is 0 Å². The second-order valence-electron chi connectivity index (χ2n) is 7.57. The van der Waals surface area contributed by atoms with Crippen molar-refractivity contribution in [2.24, 2.45) is 23.7 Å². The van der Waals surface area contributed by atoms with Crippen LogP contribution < -0.4 is 5.32 Å². The molecule has 18 heavy (non-hydrogen) atoms. The van der Waals surface area contributed by atoms with Gasteiger partial charge < -0.3 is 5.32 Å². The average Bonchev–Trinajstić information content (AvgIpc) is 2.38. The first kappa shape index (κ1) is 11.7. The zero-order valence-corrected chi connectivity index (χ0v) is 11.8. The lowest BCUT2D eigenvalue weighted by atomic mass is 9.53. The fourth-order valence-corrected chi connectivity index (χ4v) is 6.02. The maximum atomic E-state index is 3.51. The molecule has 4 aliphatic carbocycles. The number of hydrogen-bond donors (Lipinski definition) is 1. The molecule has 5 fully saturated rings.